The predicted molar refractivity (Wildman–Crippen MR) is 46.2 cm³/mol. The molecule has 0 saturated carbocycles. The van der Waals surface area contributed by atoms with Crippen LogP contribution in [0.5, 0.6) is 0 Å². The monoisotopic (exact) mass is 208 g/mol. The molecular weight excluding hydrogens is 195 g/mol. The first-order chi connectivity index (χ1) is 5.12. The van der Waals surface area contributed by atoms with Crippen molar-refractivity contribution in [1.29, 1.82) is 0 Å². The average molecular weight is 208 g/mol. The third-order valence-corrected chi connectivity index (χ3v) is 1.83. The summed E-state index contributed by atoms with van der Waals surface area (Å²) < 4.78 is 25.4. The van der Waals surface area contributed by atoms with E-state index in [0.717, 1.165) is 0 Å². The molecule has 70 valence electrons. The second-order valence-corrected chi connectivity index (χ2v) is 3.44. The summed E-state index contributed by atoms with van der Waals surface area (Å²) >= 11 is 0. The van der Waals surface area contributed by atoms with Gasteiger partial charge in [-0.1, -0.05) is 0 Å². The van der Waals surface area contributed by atoms with E-state index in [4.69, 9.17) is 10.8 Å². The number of aliphatic hydroxyl groups excluding tert-OH is 1. The van der Waals surface area contributed by atoms with E-state index in [9.17, 15) is 8.42 Å². The van der Waals surface area contributed by atoms with Crippen LogP contribution < -0.4 is 11.2 Å². The normalized spacial score (nSPS) is 10.8. The number of hydroxylamine groups is 1. The van der Waals surface area contributed by atoms with Crippen molar-refractivity contribution in [3.63, 3.8) is 0 Å². The molecule has 8 heteroatoms. The van der Waals surface area contributed by atoms with Crippen LogP contribution in [0, 0.1) is 0 Å². The van der Waals surface area contributed by atoms with E-state index in [2.05, 4.69) is 9.76 Å². The molecule has 0 aliphatic carbocycles. The summed E-state index contributed by atoms with van der Waals surface area (Å²) in [6.45, 7) is 0.0892. The van der Waals surface area contributed by atoms with Crippen LogP contribution in [-0.2, 0) is 14.4 Å². The van der Waals surface area contributed by atoms with Gasteiger partial charge >= 0.3 is 29.6 Å². The Labute approximate surface area is 93.8 Å². The minimum atomic E-state index is -3.62. The van der Waals surface area contributed by atoms with Crippen LogP contribution in [-0.4, -0.2) is 68.5 Å². The number of nitrogens with two attached hydrogens (primary N) is 1. The van der Waals surface area contributed by atoms with Crippen LogP contribution in [0.2, 0.25) is 0 Å². The van der Waals surface area contributed by atoms with E-state index in [1.165, 1.54) is 0 Å². The van der Waals surface area contributed by atoms with E-state index in [-0.39, 0.29) is 42.6 Å². The molecule has 0 spiro atoms. The molecule has 0 aliphatic heterocycles. The molecule has 0 fully saturated rings. The van der Waals surface area contributed by atoms with E-state index < -0.39 is 22.5 Å². The van der Waals surface area contributed by atoms with Crippen LogP contribution in [0.4, 0.5) is 0 Å². The Morgan fingerprint density at radius 3 is 2.50 bits per heavy atom. The van der Waals surface area contributed by atoms with Crippen LogP contribution in [0.25, 0.3) is 0 Å². The molecule has 0 saturated heterocycles. The van der Waals surface area contributed by atoms with Gasteiger partial charge in [0.15, 0.2) is 0 Å². The van der Waals surface area contributed by atoms with Crippen molar-refractivity contribution in [2.45, 2.75) is 0 Å². The fraction of sp³-hybridized carbons (Fsp3) is 1.00. The third-order valence-electron chi connectivity index (χ3n) is 0.774. The molecule has 0 radical (unpaired) electrons. The molecule has 0 aromatic carbocycles. The summed E-state index contributed by atoms with van der Waals surface area (Å²) in [4.78, 5) is 0. The molecule has 0 heterocycles. The quantitative estimate of drug-likeness (QED) is 0.246. The molecular formula is C4H13N2NaO4S. The molecule has 0 unspecified atom stereocenters. The maximum absolute atomic E-state index is 10.6. The van der Waals surface area contributed by atoms with Crippen molar-refractivity contribution in [2.24, 2.45) is 5.73 Å². The van der Waals surface area contributed by atoms with Gasteiger partial charge in [0, 0.05) is 13.1 Å². The summed E-state index contributed by atoms with van der Waals surface area (Å²) in [7, 11) is -3.62. The van der Waals surface area contributed by atoms with Crippen molar-refractivity contribution in [3.05, 3.63) is 0 Å². The average Bonchev–Trinajstić information content (AvgIpc) is 1.87. The Morgan fingerprint density at radius 1 is 1.50 bits per heavy atom. The SMILES string of the molecule is NCCNOS(=O)(=O)CCO.[NaH]. The fourth-order valence-corrected chi connectivity index (χ4v) is 0.914. The Morgan fingerprint density at radius 2 is 2.08 bits per heavy atom. The standard InChI is InChI=1S/C4H12N2O4S.Na.H/c5-1-2-6-10-11(8,9)4-3-7;;/h6-7H,1-5H2;;. The summed E-state index contributed by atoms with van der Waals surface area (Å²) in [5.74, 6) is -0.412. The third kappa shape index (κ3) is 8.88. The Hall–Kier alpha value is 0.790. The maximum atomic E-state index is 10.6. The van der Waals surface area contributed by atoms with Gasteiger partial charge in [-0.3, -0.25) is 0 Å². The van der Waals surface area contributed by atoms with Crippen molar-refractivity contribution in [3.8, 4) is 0 Å². The Kier molecular flexibility index (Phi) is 10.7. The van der Waals surface area contributed by atoms with Gasteiger partial charge in [0.25, 0.3) is 10.1 Å². The van der Waals surface area contributed by atoms with E-state index in [0.29, 0.717) is 0 Å². The van der Waals surface area contributed by atoms with Gasteiger partial charge < -0.3 is 10.8 Å². The molecule has 12 heavy (non-hydrogen) atoms. The second kappa shape index (κ2) is 8.39. The Balaban J connectivity index is 0. The van der Waals surface area contributed by atoms with Crippen molar-refractivity contribution in [2.75, 3.05) is 25.4 Å². The van der Waals surface area contributed by atoms with Gasteiger partial charge in [0.2, 0.25) is 0 Å². The molecule has 4 N–H and O–H groups in total. The van der Waals surface area contributed by atoms with Gasteiger partial charge in [-0.25, -0.2) is 0 Å². The molecule has 0 aliphatic rings. The molecule has 0 aromatic rings. The molecule has 0 bridgehead atoms. The topological polar surface area (TPSA) is 102 Å². The molecule has 0 amide bonds. The number of hydrogen-bond donors (Lipinski definition) is 3. The summed E-state index contributed by atoms with van der Waals surface area (Å²) in [5.41, 5.74) is 7.18. The van der Waals surface area contributed by atoms with Gasteiger partial charge in [0.1, 0.15) is 5.75 Å². The summed E-state index contributed by atoms with van der Waals surface area (Å²) in [5, 5.41) is 8.25. The molecule has 0 aromatic heterocycles. The van der Waals surface area contributed by atoms with Gasteiger partial charge in [-0.2, -0.15) is 18.2 Å². The molecule has 0 atom stereocenters. The number of rotatable bonds is 6. The van der Waals surface area contributed by atoms with Crippen LogP contribution >= 0.6 is 0 Å². The molecule has 6 nitrogen and oxygen atoms in total. The predicted octanol–water partition coefficient (Wildman–Crippen LogP) is -2.86. The van der Waals surface area contributed by atoms with Crippen LogP contribution in [0.1, 0.15) is 0 Å². The van der Waals surface area contributed by atoms with Gasteiger partial charge in [0.05, 0.1) is 6.61 Å². The van der Waals surface area contributed by atoms with Crippen molar-refractivity contribution >= 4 is 39.7 Å². The van der Waals surface area contributed by atoms with Crippen molar-refractivity contribution in [1.82, 2.24) is 5.48 Å². The fourth-order valence-electron chi connectivity index (χ4n) is 0.344. The summed E-state index contributed by atoms with van der Waals surface area (Å²) in [6.07, 6.45) is 0. The zero-order valence-electron chi connectivity index (χ0n) is 5.99. The minimum absolute atomic E-state index is 0. The van der Waals surface area contributed by atoms with Crippen LogP contribution in [0.3, 0.4) is 0 Å². The number of nitrogens with one attached hydrogen (secondary N) is 1. The summed E-state index contributed by atoms with van der Waals surface area (Å²) in [6, 6.07) is 0. The van der Waals surface area contributed by atoms with Gasteiger partial charge in [-0.05, 0) is 0 Å². The van der Waals surface area contributed by atoms with Gasteiger partial charge in [-0.15, -0.1) is 0 Å². The molecule has 0 rings (SSSR count). The van der Waals surface area contributed by atoms with Crippen LogP contribution in [0.15, 0.2) is 0 Å². The number of aliphatic hydroxyl groups is 1. The first kappa shape index (κ1) is 15.3. The van der Waals surface area contributed by atoms with E-state index >= 15 is 0 Å². The second-order valence-electron chi connectivity index (χ2n) is 1.75. The first-order valence-electron chi connectivity index (χ1n) is 3.07. The van der Waals surface area contributed by atoms with Crippen molar-refractivity contribution < 1.29 is 17.8 Å². The zero-order chi connectivity index (χ0) is 8.74. The Bertz CT molecular complexity index is 183. The number of hydrogen-bond acceptors (Lipinski definition) is 6. The van der Waals surface area contributed by atoms with E-state index in [1.54, 1.807) is 0 Å². The van der Waals surface area contributed by atoms with E-state index in [1.807, 2.05) is 0 Å². The first-order valence-corrected chi connectivity index (χ1v) is 4.65. The zero-order valence-corrected chi connectivity index (χ0v) is 6.80.